The molecule has 1 amide bonds. The number of carbonyl (C=O) groups excluding carboxylic acids is 1. The molecular weight excluding hydrogens is 321 g/mol. The summed E-state index contributed by atoms with van der Waals surface area (Å²) in [5.41, 5.74) is 0.622. The van der Waals surface area contributed by atoms with Crippen LogP contribution in [0.5, 0.6) is 0 Å². The first-order valence-corrected chi connectivity index (χ1v) is 6.52. The highest BCUT2D eigenvalue weighted by atomic mass is 35.5. The van der Waals surface area contributed by atoms with Crippen molar-refractivity contribution in [3.63, 3.8) is 0 Å². The second kappa shape index (κ2) is 6.27. The summed E-state index contributed by atoms with van der Waals surface area (Å²) < 4.78 is 37.2. The number of aromatic nitrogens is 3. The van der Waals surface area contributed by atoms with E-state index in [-0.39, 0.29) is 5.82 Å². The van der Waals surface area contributed by atoms with Gasteiger partial charge >= 0.3 is 6.18 Å². The Balaban J connectivity index is 2.24. The molecule has 0 aliphatic heterocycles. The van der Waals surface area contributed by atoms with Crippen LogP contribution in [0.2, 0.25) is 0 Å². The van der Waals surface area contributed by atoms with Crippen molar-refractivity contribution in [3.05, 3.63) is 36.4 Å². The fourth-order valence-electron chi connectivity index (χ4n) is 1.50. The average Bonchev–Trinajstić information content (AvgIpc) is 2.46. The van der Waals surface area contributed by atoms with Crippen LogP contribution in [-0.2, 0) is 11.0 Å². The van der Waals surface area contributed by atoms with E-state index in [9.17, 15) is 18.0 Å². The van der Waals surface area contributed by atoms with E-state index < -0.39 is 23.3 Å². The van der Waals surface area contributed by atoms with Crippen LogP contribution in [0.1, 0.15) is 12.7 Å². The smallest absolute Gasteiger partial charge is 0.309 e. The van der Waals surface area contributed by atoms with Crippen molar-refractivity contribution in [2.45, 2.75) is 18.5 Å². The van der Waals surface area contributed by atoms with Crippen molar-refractivity contribution in [2.75, 3.05) is 5.32 Å². The van der Waals surface area contributed by atoms with Gasteiger partial charge in [-0.15, -0.1) is 11.6 Å². The fraction of sp³-hybridized carbons (Fsp3) is 0.231. The molecule has 2 aromatic heterocycles. The summed E-state index contributed by atoms with van der Waals surface area (Å²) >= 11 is 5.63. The third-order valence-corrected chi connectivity index (χ3v) is 2.76. The Bertz CT molecular complexity index is 674. The number of halogens is 4. The van der Waals surface area contributed by atoms with Crippen LogP contribution >= 0.6 is 11.6 Å². The quantitative estimate of drug-likeness (QED) is 0.878. The molecule has 0 radical (unpaired) electrons. The van der Waals surface area contributed by atoms with Crippen molar-refractivity contribution in [2.24, 2.45) is 0 Å². The minimum absolute atomic E-state index is 0.231. The summed E-state index contributed by atoms with van der Waals surface area (Å²) in [4.78, 5) is 22.1. The molecule has 5 nitrogen and oxygen atoms in total. The van der Waals surface area contributed by atoms with Crippen LogP contribution in [-0.4, -0.2) is 26.2 Å². The molecule has 0 bridgehead atoms. The minimum Gasteiger partial charge on any atom is -0.309 e. The van der Waals surface area contributed by atoms with Gasteiger partial charge in [-0.3, -0.25) is 4.79 Å². The second-order valence-corrected chi connectivity index (χ2v) is 4.96. The Labute approximate surface area is 128 Å². The second-order valence-electron chi connectivity index (χ2n) is 4.31. The lowest BCUT2D eigenvalue weighted by Gasteiger charge is -2.08. The molecule has 0 saturated heterocycles. The van der Waals surface area contributed by atoms with E-state index >= 15 is 0 Å². The molecule has 2 rings (SSSR count). The van der Waals surface area contributed by atoms with E-state index in [1.807, 2.05) is 0 Å². The number of nitrogens with zero attached hydrogens (tertiary/aromatic N) is 3. The number of hydrogen-bond acceptors (Lipinski definition) is 4. The van der Waals surface area contributed by atoms with Gasteiger partial charge in [0, 0.05) is 18.0 Å². The topological polar surface area (TPSA) is 67.8 Å². The average molecular weight is 331 g/mol. The molecule has 9 heteroatoms. The number of anilines is 1. The monoisotopic (exact) mass is 330 g/mol. The molecule has 0 aliphatic carbocycles. The lowest BCUT2D eigenvalue weighted by molar-refractivity contribution is -0.145. The highest BCUT2D eigenvalue weighted by Crippen LogP contribution is 2.26. The van der Waals surface area contributed by atoms with E-state index in [4.69, 9.17) is 11.6 Å². The van der Waals surface area contributed by atoms with Crippen molar-refractivity contribution in [3.8, 4) is 11.3 Å². The number of hydrogen-bond donors (Lipinski definition) is 1. The Kier molecular flexibility index (Phi) is 4.60. The zero-order valence-corrected chi connectivity index (χ0v) is 12.0. The number of carbonyl (C=O) groups is 1. The summed E-state index contributed by atoms with van der Waals surface area (Å²) in [6, 6.07) is 4.69. The summed E-state index contributed by atoms with van der Waals surface area (Å²) in [6.07, 6.45) is -2.56. The van der Waals surface area contributed by atoms with Crippen molar-refractivity contribution in [1.29, 1.82) is 0 Å². The SMILES string of the molecule is CC(Cl)C(=O)Nc1cccc(-c2cnc(C(F)(F)F)nc2)n1. The normalized spacial score (nSPS) is 12.8. The first-order valence-electron chi connectivity index (χ1n) is 6.09. The van der Waals surface area contributed by atoms with E-state index in [0.29, 0.717) is 11.3 Å². The van der Waals surface area contributed by atoms with Gasteiger partial charge in [-0.25, -0.2) is 15.0 Å². The van der Waals surface area contributed by atoms with Gasteiger partial charge in [0.05, 0.1) is 5.69 Å². The van der Waals surface area contributed by atoms with Gasteiger partial charge in [0.15, 0.2) is 0 Å². The van der Waals surface area contributed by atoms with Crippen LogP contribution < -0.4 is 5.32 Å². The molecule has 0 saturated carbocycles. The van der Waals surface area contributed by atoms with E-state index in [1.165, 1.54) is 13.0 Å². The Morgan fingerprint density at radius 3 is 2.45 bits per heavy atom. The summed E-state index contributed by atoms with van der Waals surface area (Å²) in [6.45, 7) is 1.50. The summed E-state index contributed by atoms with van der Waals surface area (Å²) in [5.74, 6) is -1.43. The van der Waals surface area contributed by atoms with Gasteiger partial charge in [-0.2, -0.15) is 13.2 Å². The maximum absolute atomic E-state index is 12.4. The molecule has 1 N–H and O–H groups in total. The molecule has 0 spiro atoms. The Morgan fingerprint density at radius 2 is 1.91 bits per heavy atom. The largest absolute Gasteiger partial charge is 0.451 e. The third kappa shape index (κ3) is 3.91. The highest BCUT2D eigenvalue weighted by Gasteiger charge is 2.34. The first-order chi connectivity index (χ1) is 10.3. The van der Waals surface area contributed by atoms with E-state index in [1.54, 1.807) is 12.1 Å². The van der Waals surface area contributed by atoms with Crippen LogP contribution in [0, 0.1) is 0 Å². The van der Waals surface area contributed by atoms with E-state index in [0.717, 1.165) is 12.4 Å². The molecule has 0 aliphatic rings. The van der Waals surface area contributed by atoms with Gasteiger partial charge < -0.3 is 5.32 Å². The molecule has 22 heavy (non-hydrogen) atoms. The zero-order chi connectivity index (χ0) is 16.3. The molecule has 2 aromatic rings. The predicted molar refractivity (Wildman–Crippen MR) is 74.2 cm³/mol. The van der Waals surface area contributed by atoms with Gasteiger partial charge in [0.1, 0.15) is 11.2 Å². The Morgan fingerprint density at radius 1 is 1.27 bits per heavy atom. The van der Waals surface area contributed by atoms with Gasteiger partial charge in [0.25, 0.3) is 0 Å². The zero-order valence-electron chi connectivity index (χ0n) is 11.2. The summed E-state index contributed by atoms with van der Waals surface area (Å²) in [7, 11) is 0. The van der Waals surface area contributed by atoms with Gasteiger partial charge in [-0.05, 0) is 19.1 Å². The number of amides is 1. The van der Waals surface area contributed by atoms with Crippen molar-refractivity contribution >= 4 is 23.3 Å². The van der Waals surface area contributed by atoms with Crippen molar-refractivity contribution in [1.82, 2.24) is 15.0 Å². The van der Waals surface area contributed by atoms with Crippen LogP contribution in [0.25, 0.3) is 11.3 Å². The number of alkyl halides is 4. The minimum atomic E-state index is -4.60. The standard InChI is InChI=1S/C13H10ClF3N4O/c1-7(14)11(22)21-10-4-2-3-9(20-10)8-5-18-12(19-6-8)13(15,16)17/h2-7H,1H3,(H,20,21,22). The molecule has 0 fully saturated rings. The van der Waals surface area contributed by atoms with Crippen LogP contribution in [0.4, 0.5) is 19.0 Å². The number of nitrogens with one attached hydrogen (secondary N) is 1. The number of rotatable bonds is 3. The maximum Gasteiger partial charge on any atom is 0.451 e. The molecule has 2 heterocycles. The molecule has 0 aromatic carbocycles. The van der Waals surface area contributed by atoms with Gasteiger partial charge in [-0.1, -0.05) is 6.07 Å². The highest BCUT2D eigenvalue weighted by molar-refractivity contribution is 6.32. The van der Waals surface area contributed by atoms with E-state index in [2.05, 4.69) is 20.3 Å². The molecular formula is C13H10ClF3N4O. The molecule has 116 valence electrons. The fourth-order valence-corrected chi connectivity index (χ4v) is 1.55. The van der Waals surface area contributed by atoms with Gasteiger partial charge in [0.2, 0.25) is 11.7 Å². The molecule has 1 unspecified atom stereocenters. The first kappa shape index (κ1) is 16.2. The number of pyridine rings is 1. The maximum atomic E-state index is 12.4. The van der Waals surface area contributed by atoms with Crippen molar-refractivity contribution < 1.29 is 18.0 Å². The lowest BCUT2D eigenvalue weighted by Crippen LogP contribution is -2.20. The third-order valence-electron chi connectivity index (χ3n) is 2.56. The predicted octanol–water partition coefficient (Wildman–Crippen LogP) is 3.12. The van der Waals surface area contributed by atoms with Crippen LogP contribution in [0.3, 0.4) is 0 Å². The van der Waals surface area contributed by atoms with Crippen LogP contribution in [0.15, 0.2) is 30.6 Å². The Hall–Kier alpha value is -2.22. The molecule has 1 atom stereocenters. The lowest BCUT2D eigenvalue weighted by atomic mass is 10.2. The summed E-state index contributed by atoms with van der Waals surface area (Å²) in [5, 5.41) is 1.75.